The fourth-order valence-electron chi connectivity index (χ4n) is 3.33. The molecule has 0 spiro atoms. The third-order valence-corrected chi connectivity index (χ3v) is 4.63. The number of rotatable bonds is 12. The molecule has 206 valence electrons. The second-order valence-corrected chi connectivity index (χ2v) is 7.78. The van der Waals surface area contributed by atoms with Gasteiger partial charge in [0.1, 0.15) is 6.61 Å². The minimum atomic E-state index is -1.78. The number of nitrogens with zero attached hydrogens (tertiary/aromatic N) is 1. The lowest BCUT2D eigenvalue weighted by Crippen LogP contribution is -2.56. The normalized spacial score (nSPS) is 14.8. The molecular weight excluding hydrogens is 500 g/mol. The van der Waals surface area contributed by atoms with E-state index in [1.165, 1.54) is 6.92 Å². The van der Waals surface area contributed by atoms with Crippen LogP contribution in [0.2, 0.25) is 0 Å². The second kappa shape index (κ2) is 13.9. The molecule has 1 rings (SSSR count). The first-order chi connectivity index (χ1) is 17.2. The van der Waals surface area contributed by atoms with Gasteiger partial charge in [0.25, 0.3) is 5.56 Å². The maximum atomic E-state index is 12.6. The van der Waals surface area contributed by atoms with Crippen LogP contribution in [0.3, 0.4) is 0 Å². The fraction of sp³-hybridized carbons (Fsp3) is 0.591. The highest BCUT2D eigenvalue weighted by atomic mass is 16.6. The maximum Gasteiger partial charge on any atom is 0.330 e. The van der Waals surface area contributed by atoms with Crippen molar-refractivity contribution >= 4 is 29.8 Å². The van der Waals surface area contributed by atoms with Crippen LogP contribution < -0.4 is 11.2 Å². The molecule has 37 heavy (non-hydrogen) atoms. The van der Waals surface area contributed by atoms with Gasteiger partial charge in [-0.25, -0.2) is 4.79 Å². The van der Waals surface area contributed by atoms with Crippen LogP contribution in [0, 0.1) is 6.92 Å². The van der Waals surface area contributed by atoms with E-state index in [2.05, 4.69) is 4.98 Å². The number of carbonyl (C=O) groups is 5. The number of aryl methyl sites for hydroxylation is 1. The minimum absolute atomic E-state index is 0.0800. The van der Waals surface area contributed by atoms with Gasteiger partial charge in [0, 0.05) is 53.5 Å². The Morgan fingerprint density at radius 3 is 1.73 bits per heavy atom. The summed E-state index contributed by atoms with van der Waals surface area (Å²) in [7, 11) is 1.13. The molecule has 0 saturated heterocycles. The number of esters is 5. The highest BCUT2D eigenvalue weighted by Gasteiger charge is 2.48. The Hall–Kier alpha value is -4.01. The standard InChI is InChI=1S/C22H30N2O13/c1-10-8-24(22(31)23-20(10)30)21(32-7)19(37-15(6)29)18(36-14(5)28)17(35-13(4)27)16(34-12(3)26)9-33-11(2)25/h8,16-19,21H,9H2,1-7H3,(H,23,30,31)/t16-,17-,18-,19-,21+/m1/s1. The van der Waals surface area contributed by atoms with E-state index in [1.807, 2.05) is 0 Å². The molecule has 0 amide bonds. The van der Waals surface area contributed by atoms with Gasteiger partial charge in [-0.05, 0) is 6.92 Å². The van der Waals surface area contributed by atoms with Crippen molar-refractivity contribution in [2.24, 2.45) is 0 Å². The molecule has 1 N–H and O–H groups in total. The topological polar surface area (TPSA) is 196 Å². The molecule has 15 heteroatoms. The van der Waals surface area contributed by atoms with Crippen LogP contribution in [0.25, 0.3) is 0 Å². The zero-order chi connectivity index (χ0) is 28.4. The van der Waals surface area contributed by atoms with Gasteiger partial charge in [0.15, 0.2) is 30.6 Å². The van der Waals surface area contributed by atoms with Gasteiger partial charge in [-0.15, -0.1) is 0 Å². The van der Waals surface area contributed by atoms with Gasteiger partial charge < -0.3 is 28.4 Å². The smallest absolute Gasteiger partial charge is 0.330 e. The lowest BCUT2D eigenvalue weighted by molar-refractivity contribution is -0.217. The number of hydrogen-bond acceptors (Lipinski definition) is 13. The number of methoxy groups -OCH3 is 1. The molecular formula is C22H30N2O13. The van der Waals surface area contributed by atoms with Crippen LogP contribution in [0.15, 0.2) is 15.8 Å². The second-order valence-electron chi connectivity index (χ2n) is 7.78. The quantitative estimate of drug-likeness (QED) is 0.263. The Morgan fingerprint density at radius 1 is 0.784 bits per heavy atom. The molecule has 1 aromatic heterocycles. The van der Waals surface area contributed by atoms with Crippen molar-refractivity contribution in [3.05, 3.63) is 32.6 Å². The minimum Gasteiger partial charge on any atom is -0.462 e. The van der Waals surface area contributed by atoms with Gasteiger partial charge in [-0.2, -0.15) is 0 Å². The predicted octanol–water partition coefficient (Wildman–Crippen LogP) is -0.720. The summed E-state index contributed by atoms with van der Waals surface area (Å²) in [5.74, 6) is -4.47. The molecule has 5 atom stereocenters. The molecule has 0 unspecified atom stereocenters. The van der Waals surface area contributed by atoms with E-state index >= 15 is 0 Å². The van der Waals surface area contributed by atoms with E-state index in [0.717, 1.165) is 52.5 Å². The molecule has 0 fully saturated rings. The Morgan fingerprint density at radius 2 is 1.27 bits per heavy atom. The third-order valence-electron chi connectivity index (χ3n) is 4.63. The highest BCUT2D eigenvalue weighted by molar-refractivity contribution is 5.69. The van der Waals surface area contributed by atoms with Crippen LogP contribution in [-0.2, 0) is 52.4 Å². The summed E-state index contributed by atoms with van der Waals surface area (Å²) in [5, 5.41) is 0. The van der Waals surface area contributed by atoms with Gasteiger partial charge in [0.05, 0.1) is 0 Å². The Kier molecular flexibility index (Phi) is 11.7. The SMILES string of the molecule is CO[C@@H]([C@H](OC(C)=O)[C@H](OC(C)=O)[C@H](OC(C)=O)[C@@H](COC(C)=O)OC(C)=O)n1cc(C)c(=O)[nH]c1=O. The summed E-state index contributed by atoms with van der Waals surface area (Å²) < 4.78 is 32.4. The molecule has 0 saturated carbocycles. The summed E-state index contributed by atoms with van der Waals surface area (Å²) in [4.78, 5) is 86.0. The molecule has 15 nitrogen and oxygen atoms in total. The predicted molar refractivity (Wildman–Crippen MR) is 121 cm³/mol. The van der Waals surface area contributed by atoms with E-state index < -0.39 is 78.3 Å². The van der Waals surface area contributed by atoms with Crippen LogP contribution >= 0.6 is 0 Å². The van der Waals surface area contributed by atoms with E-state index in [0.29, 0.717) is 0 Å². The fourth-order valence-corrected chi connectivity index (χ4v) is 3.33. The summed E-state index contributed by atoms with van der Waals surface area (Å²) >= 11 is 0. The van der Waals surface area contributed by atoms with Crippen LogP contribution in [0.4, 0.5) is 0 Å². The molecule has 0 bridgehead atoms. The lowest BCUT2D eigenvalue weighted by atomic mass is 10.0. The van der Waals surface area contributed by atoms with Crippen molar-refractivity contribution in [3.63, 3.8) is 0 Å². The molecule has 0 aliphatic carbocycles. The Balaban J connectivity index is 3.84. The summed E-state index contributed by atoms with van der Waals surface area (Å²) in [5.41, 5.74) is -1.58. The number of aromatic amines is 1. The average molecular weight is 530 g/mol. The van der Waals surface area contributed by atoms with E-state index in [1.54, 1.807) is 0 Å². The van der Waals surface area contributed by atoms with Gasteiger partial charge in [-0.1, -0.05) is 0 Å². The highest BCUT2D eigenvalue weighted by Crippen LogP contribution is 2.27. The maximum absolute atomic E-state index is 12.6. The number of aromatic nitrogens is 2. The molecule has 0 aliphatic rings. The third kappa shape index (κ3) is 9.51. The monoisotopic (exact) mass is 530 g/mol. The van der Waals surface area contributed by atoms with E-state index in [-0.39, 0.29) is 5.56 Å². The zero-order valence-corrected chi connectivity index (χ0v) is 21.4. The molecule has 1 aromatic rings. The van der Waals surface area contributed by atoms with Crippen LogP contribution in [-0.4, -0.2) is 77.5 Å². The van der Waals surface area contributed by atoms with Crippen molar-refractivity contribution in [2.75, 3.05) is 13.7 Å². The molecule has 0 aromatic carbocycles. The first-order valence-electron chi connectivity index (χ1n) is 10.8. The summed E-state index contributed by atoms with van der Waals surface area (Å²) in [6.45, 7) is 5.84. The molecule has 0 aliphatic heterocycles. The lowest BCUT2D eigenvalue weighted by Gasteiger charge is -2.38. The molecule has 0 radical (unpaired) electrons. The number of carbonyl (C=O) groups excluding carboxylic acids is 5. The summed E-state index contributed by atoms with van der Waals surface area (Å²) in [6, 6.07) is 0. The van der Waals surface area contributed by atoms with E-state index in [4.69, 9.17) is 28.4 Å². The van der Waals surface area contributed by atoms with Crippen LogP contribution in [0.5, 0.6) is 0 Å². The largest absolute Gasteiger partial charge is 0.462 e. The van der Waals surface area contributed by atoms with Crippen molar-refractivity contribution in [3.8, 4) is 0 Å². The zero-order valence-electron chi connectivity index (χ0n) is 21.4. The Labute approximate surface area is 210 Å². The van der Waals surface area contributed by atoms with Gasteiger partial charge >= 0.3 is 35.5 Å². The number of ether oxygens (including phenoxy) is 6. The van der Waals surface area contributed by atoms with Crippen molar-refractivity contribution < 1.29 is 52.4 Å². The Bertz CT molecular complexity index is 1120. The van der Waals surface area contributed by atoms with E-state index in [9.17, 15) is 33.6 Å². The number of hydrogen-bond donors (Lipinski definition) is 1. The van der Waals surface area contributed by atoms with Crippen molar-refractivity contribution in [1.82, 2.24) is 9.55 Å². The summed E-state index contributed by atoms with van der Waals surface area (Å²) in [6.07, 6.45) is -7.25. The van der Waals surface area contributed by atoms with Gasteiger partial charge in [0.2, 0.25) is 0 Å². The first kappa shape index (κ1) is 31.0. The number of H-pyrrole nitrogens is 1. The first-order valence-corrected chi connectivity index (χ1v) is 10.8. The van der Waals surface area contributed by atoms with Crippen molar-refractivity contribution in [2.45, 2.75) is 72.2 Å². The number of nitrogens with one attached hydrogen (secondary N) is 1. The average Bonchev–Trinajstić information content (AvgIpc) is 2.76. The molecule has 1 heterocycles. The van der Waals surface area contributed by atoms with Crippen molar-refractivity contribution in [1.29, 1.82) is 0 Å². The van der Waals surface area contributed by atoms with Gasteiger partial charge in [-0.3, -0.25) is 38.3 Å². The van der Waals surface area contributed by atoms with Crippen LogP contribution in [0.1, 0.15) is 46.4 Å².